The van der Waals surface area contributed by atoms with E-state index in [0.29, 0.717) is 0 Å². The van der Waals surface area contributed by atoms with Crippen LogP contribution >= 0.6 is 9.39 Å². The summed E-state index contributed by atoms with van der Waals surface area (Å²) in [6, 6.07) is 0. The number of hydrogen-bond donors (Lipinski definition) is 2. The molecule has 6 atom stereocenters. The fraction of sp³-hybridized carbons (Fsp3) is 1.00. The molecule has 0 bridgehead atoms. The van der Waals surface area contributed by atoms with Crippen LogP contribution in [0.15, 0.2) is 4.67 Å². The molecule has 0 spiro atoms. The second-order valence-corrected chi connectivity index (χ2v) is 3.58. The SMILES string of the molecule is COC1O[C@H]([C@@H](C)OB=NP)[C@@H](O)[C@H]1O. The number of rotatable bonds is 4. The van der Waals surface area contributed by atoms with Crippen LogP contribution in [0.2, 0.25) is 0 Å². The van der Waals surface area contributed by atoms with E-state index in [1.807, 2.05) is 0 Å². The number of aliphatic hydroxyl groups excluding tert-OH is 2. The third kappa shape index (κ3) is 2.95. The first-order valence-electron chi connectivity index (χ1n) is 4.53. The summed E-state index contributed by atoms with van der Waals surface area (Å²) in [5.74, 6) is 0. The normalized spacial score (nSPS) is 37.9. The standard InChI is InChI=1S/C7H15BNO5P/c1-3(14-8-9-15)6-4(10)5(11)7(12-2)13-6/h3-7,10-11H,15H2,1-2H3/t3-,4+,5-,6-,7?/m1/s1. The Hall–Kier alpha value is -0.0651. The van der Waals surface area contributed by atoms with E-state index in [1.54, 1.807) is 6.92 Å². The molecule has 1 aliphatic heterocycles. The zero-order valence-corrected chi connectivity index (χ0v) is 9.76. The first-order valence-corrected chi connectivity index (χ1v) is 5.05. The van der Waals surface area contributed by atoms with E-state index in [0.717, 1.165) is 0 Å². The van der Waals surface area contributed by atoms with Crippen molar-refractivity contribution in [2.45, 2.75) is 37.6 Å². The van der Waals surface area contributed by atoms with Crippen LogP contribution in [0.4, 0.5) is 0 Å². The van der Waals surface area contributed by atoms with Crippen LogP contribution in [0.1, 0.15) is 6.92 Å². The molecular weight excluding hydrogens is 220 g/mol. The molecule has 8 heteroatoms. The summed E-state index contributed by atoms with van der Waals surface area (Å²) >= 11 is 0. The molecule has 1 rings (SSSR count). The summed E-state index contributed by atoms with van der Waals surface area (Å²) in [7, 11) is 4.76. The van der Waals surface area contributed by atoms with Crippen molar-refractivity contribution in [2.75, 3.05) is 7.11 Å². The Kier molecular flexibility index (Phi) is 5.09. The Balaban J connectivity index is 2.56. The van der Waals surface area contributed by atoms with Gasteiger partial charge in [-0.2, -0.15) is 0 Å². The fourth-order valence-corrected chi connectivity index (χ4v) is 1.53. The monoisotopic (exact) mass is 235 g/mol. The summed E-state index contributed by atoms with van der Waals surface area (Å²) in [4.78, 5) is 0. The van der Waals surface area contributed by atoms with Crippen molar-refractivity contribution >= 4 is 16.7 Å². The average molecular weight is 235 g/mol. The molecule has 2 unspecified atom stereocenters. The Morgan fingerprint density at radius 3 is 2.60 bits per heavy atom. The molecule has 0 aromatic rings. The molecular formula is C7H15BNO5P. The predicted molar refractivity (Wildman–Crippen MR) is 56.1 cm³/mol. The third-order valence-electron chi connectivity index (χ3n) is 2.29. The van der Waals surface area contributed by atoms with Crippen LogP contribution < -0.4 is 0 Å². The molecule has 1 fully saturated rings. The molecule has 1 heterocycles. The molecule has 86 valence electrons. The third-order valence-corrected chi connectivity index (χ3v) is 2.41. The first-order chi connectivity index (χ1) is 7.11. The van der Waals surface area contributed by atoms with Gasteiger partial charge in [0.1, 0.15) is 0 Å². The number of ether oxygens (including phenoxy) is 2. The van der Waals surface area contributed by atoms with Gasteiger partial charge in [0.15, 0.2) is 0 Å². The van der Waals surface area contributed by atoms with Crippen molar-refractivity contribution in [1.82, 2.24) is 0 Å². The van der Waals surface area contributed by atoms with Crippen molar-refractivity contribution in [3.05, 3.63) is 0 Å². The minimum atomic E-state index is -1.06. The number of aliphatic hydroxyl groups is 2. The molecule has 15 heavy (non-hydrogen) atoms. The van der Waals surface area contributed by atoms with E-state index in [9.17, 15) is 10.2 Å². The Bertz CT molecular complexity index is 231. The quantitative estimate of drug-likeness (QED) is 0.486. The molecule has 2 N–H and O–H groups in total. The second-order valence-electron chi connectivity index (χ2n) is 3.28. The van der Waals surface area contributed by atoms with E-state index in [1.165, 1.54) is 14.4 Å². The van der Waals surface area contributed by atoms with Gasteiger partial charge in [-0.3, -0.25) is 0 Å². The van der Waals surface area contributed by atoms with Gasteiger partial charge in [-0.05, 0) is 0 Å². The zero-order valence-electron chi connectivity index (χ0n) is 8.61. The molecule has 0 aliphatic carbocycles. The Morgan fingerprint density at radius 1 is 1.47 bits per heavy atom. The second kappa shape index (κ2) is 5.87. The van der Waals surface area contributed by atoms with Crippen molar-refractivity contribution in [1.29, 1.82) is 0 Å². The fourth-order valence-electron chi connectivity index (χ4n) is 1.46. The summed E-state index contributed by atoms with van der Waals surface area (Å²) < 4.78 is 18.8. The van der Waals surface area contributed by atoms with Crippen molar-refractivity contribution in [2.24, 2.45) is 4.67 Å². The van der Waals surface area contributed by atoms with Gasteiger partial charge in [0, 0.05) is 0 Å². The van der Waals surface area contributed by atoms with Gasteiger partial charge in [-0.15, -0.1) is 0 Å². The van der Waals surface area contributed by atoms with Gasteiger partial charge >= 0.3 is 90.4 Å². The Labute approximate surface area is 91.2 Å². The van der Waals surface area contributed by atoms with Gasteiger partial charge in [0.25, 0.3) is 0 Å². The maximum atomic E-state index is 9.64. The van der Waals surface area contributed by atoms with E-state index >= 15 is 0 Å². The minimum absolute atomic E-state index is 0.418. The summed E-state index contributed by atoms with van der Waals surface area (Å²) in [6.07, 6.45) is -3.95. The van der Waals surface area contributed by atoms with Crippen molar-refractivity contribution < 1.29 is 24.3 Å². The number of methoxy groups -OCH3 is 1. The molecule has 6 nitrogen and oxygen atoms in total. The maximum absolute atomic E-state index is 9.64. The number of hydrogen-bond acceptors (Lipinski definition) is 6. The van der Waals surface area contributed by atoms with Gasteiger partial charge < -0.3 is 0 Å². The molecule has 0 radical (unpaired) electrons. The van der Waals surface area contributed by atoms with Crippen LogP contribution in [-0.2, 0) is 14.1 Å². The Morgan fingerprint density at radius 2 is 2.13 bits per heavy atom. The van der Waals surface area contributed by atoms with Crippen LogP contribution in [0.3, 0.4) is 0 Å². The van der Waals surface area contributed by atoms with Crippen molar-refractivity contribution in [3.63, 3.8) is 0 Å². The van der Waals surface area contributed by atoms with Crippen molar-refractivity contribution in [3.8, 4) is 0 Å². The van der Waals surface area contributed by atoms with Gasteiger partial charge in [0.05, 0.1) is 0 Å². The molecule has 0 amide bonds. The van der Waals surface area contributed by atoms with Crippen LogP contribution in [0.5, 0.6) is 0 Å². The predicted octanol–water partition coefficient (Wildman–Crippen LogP) is -0.922. The molecule has 0 aromatic heterocycles. The molecule has 1 aliphatic rings. The summed E-state index contributed by atoms with van der Waals surface area (Å²) in [5.41, 5.74) is 0. The average Bonchev–Trinajstić information content (AvgIpc) is 2.52. The van der Waals surface area contributed by atoms with Crippen LogP contribution in [0, 0.1) is 0 Å². The van der Waals surface area contributed by atoms with E-state index in [-0.39, 0.29) is 0 Å². The first kappa shape index (κ1) is 13.0. The van der Waals surface area contributed by atoms with Gasteiger partial charge in [0.2, 0.25) is 0 Å². The van der Waals surface area contributed by atoms with Gasteiger partial charge in [-0.1, -0.05) is 0 Å². The van der Waals surface area contributed by atoms with E-state index in [4.69, 9.17) is 14.1 Å². The van der Waals surface area contributed by atoms with E-state index < -0.39 is 30.7 Å². The summed E-state index contributed by atoms with van der Waals surface area (Å²) in [5, 5.41) is 19.2. The van der Waals surface area contributed by atoms with Crippen LogP contribution in [0.25, 0.3) is 0 Å². The van der Waals surface area contributed by atoms with Crippen LogP contribution in [-0.4, -0.2) is 55.3 Å². The number of nitrogens with zero attached hydrogens (tertiary/aromatic N) is 1. The molecule has 0 aromatic carbocycles. The molecule has 1 saturated heterocycles. The summed E-state index contributed by atoms with van der Waals surface area (Å²) in [6.45, 7) is 1.71. The molecule has 0 saturated carbocycles. The zero-order chi connectivity index (χ0) is 11.4. The van der Waals surface area contributed by atoms with E-state index in [2.05, 4.69) is 14.1 Å². The van der Waals surface area contributed by atoms with Gasteiger partial charge in [-0.25, -0.2) is 0 Å². The topological polar surface area (TPSA) is 80.5 Å².